The molecule has 6 unspecified atom stereocenters. The fourth-order valence-electron chi connectivity index (χ4n) is 6.87. The van der Waals surface area contributed by atoms with Gasteiger partial charge < -0.3 is 41.4 Å². The number of amides is 6. The number of likely N-dealkylation sites (tertiary alicyclic amines) is 1. The predicted molar refractivity (Wildman–Crippen MR) is 204 cm³/mol. The van der Waals surface area contributed by atoms with Gasteiger partial charge in [0.25, 0.3) is 0 Å². The second-order valence-corrected chi connectivity index (χ2v) is 16.4. The highest BCUT2D eigenvalue weighted by Crippen LogP contribution is 2.32. The lowest BCUT2D eigenvalue weighted by molar-refractivity contribution is -0.142. The molecule has 8 N–H and O–H groups in total. The number of thioether (sulfide) groups is 1. The number of carbonyl (C=O) groups excluding carboxylic acids is 6. The Balaban J connectivity index is 1.25. The topological polar surface area (TPSA) is 269 Å². The molecular formula is C37H55N9O9S. The van der Waals surface area contributed by atoms with E-state index < -0.39 is 65.0 Å². The van der Waals surface area contributed by atoms with Gasteiger partial charge in [-0.15, -0.1) is 11.8 Å². The number of nitrogens with one attached hydrogen (secondary N) is 6. The number of aliphatic carboxylic acids is 1. The number of carboxylic acid groups (broad SMARTS) is 1. The third kappa shape index (κ3) is 12.9. The third-order valence-corrected chi connectivity index (χ3v) is 11.4. The summed E-state index contributed by atoms with van der Waals surface area (Å²) >= 11 is 0.937. The number of nitrogens with zero attached hydrogens (tertiary/aromatic N) is 3. The van der Waals surface area contributed by atoms with Gasteiger partial charge in [0.1, 0.15) is 18.1 Å². The van der Waals surface area contributed by atoms with Crippen molar-refractivity contribution in [3.63, 3.8) is 0 Å². The van der Waals surface area contributed by atoms with Gasteiger partial charge in [-0.2, -0.15) is 0 Å². The number of aromatic nitrogens is 4. The summed E-state index contributed by atoms with van der Waals surface area (Å²) < 4.78 is 0. The van der Waals surface area contributed by atoms with Crippen LogP contribution in [0, 0.1) is 23.7 Å². The van der Waals surface area contributed by atoms with Crippen molar-refractivity contribution in [3.8, 4) is 0 Å². The summed E-state index contributed by atoms with van der Waals surface area (Å²) in [5, 5.41) is 30.1. The highest BCUT2D eigenvalue weighted by molar-refractivity contribution is 8.00. The molecule has 3 heterocycles. The Morgan fingerprint density at radius 2 is 1.54 bits per heavy atom. The van der Waals surface area contributed by atoms with Crippen LogP contribution < -0.4 is 21.3 Å². The Morgan fingerprint density at radius 3 is 2.12 bits per heavy atom. The molecule has 2 aromatic heterocycles. The van der Waals surface area contributed by atoms with Crippen LogP contribution in [-0.4, -0.2) is 125 Å². The summed E-state index contributed by atoms with van der Waals surface area (Å²) in [6, 6.07) is -4.12. The lowest BCUT2D eigenvalue weighted by Crippen LogP contribution is -2.59. The van der Waals surface area contributed by atoms with Gasteiger partial charge in [-0.3, -0.25) is 33.7 Å². The van der Waals surface area contributed by atoms with Gasteiger partial charge in [0.05, 0.1) is 24.0 Å². The average molecular weight is 802 g/mol. The zero-order valence-corrected chi connectivity index (χ0v) is 33.1. The van der Waals surface area contributed by atoms with Crippen LogP contribution in [0.1, 0.15) is 77.6 Å². The largest absolute Gasteiger partial charge is 0.480 e. The quantitative estimate of drug-likeness (QED) is 0.0793. The Hall–Kier alpha value is -4.78. The number of aliphatic hydroxyl groups is 1. The maximum atomic E-state index is 13.4. The minimum absolute atomic E-state index is 0.0125. The smallest absolute Gasteiger partial charge is 0.327 e. The SMILES string of the molecule is CC(C)CC(NC(=O)C(C)Cc1cnc[nH]1)C(=O)NC(C(=O)NC(CSC1CC(=O)N(CC2CCC(C(=O)NCCc3cnc[nH]3)CC2)C1=O)C(=O)O)C(C)O. The predicted octanol–water partition coefficient (Wildman–Crippen LogP) is 0.303. The first-order valence-electron chi connectivity index (χ1n) is 19.1. The van der Waals surface area contributed by atoms with Gasteiger partial charge in [-0.25, -0.2) is 14.8 Å². The first kappa shape index (κ1) is 43.9. The lowest BCUT2D eigenvalue weighted by atomic mass is 9.81. The molecule has 56 heavy (non-hydrogen) atoms. The van der Waals surface area contributed by atoms with Crippen LogP contribution in [0.3, 0.4) is 0 Å². The number of imidazole rings is 2. The number of H-pyrrole nitrogens is 2. The number of carboxylic acids is 1. The molecule has 4 rings (SSSR count). The van der Waals surface area contributed by atoms with Gasteiger partial charge in [-0.1, -0.05) is 20.8 Å². The molecule has 2 fully saturated rings. The minimum atomic E-state index is -1.56. The van der Waals surface area contributed by atoms with Gasteiger partial charge in [0.15, 0.2) is 0 Å². The van der Waals surface area contributed by atoms with Crippen LogP contribution >= 0.6 is 11.8 Å². The molecule has 0 aromatic carbocycles. The Kier molecular flexibility index (Phi) is 16.4. The van der Waals surface area contributed by atoms with E-state index >= 15 is 0 Å². The zero-order valence-electron chi connectivity index (χ0n) is 32.3. The highest BCUT2D eigenvalue weighted by atomic mass is 32.2. The first-order valence-corrected chi connectivity index (χ1v) is 20.2. The van der Waals surface area contributed by atoms with E-state index in [0.29, 0.717) is 45.1 Å². The van der Waals surface area contributed by atoms with E-state index in [2.05, 4.69) is 41.2 Å². The standard InChI is InChI=1S/C37H55N9O9S/c1-20(2)11-27(43-32(49)21(3)12-26-15-39-19-42-26)34(51)45-31(22(4)47)35(52)44-28(37(54)55)17-56-29-13-30(48)46(36(29)53)16-23-5-7-24(8-6-23)33(50)40-10-9-25-14-38-18-41-25/h14-15,18-24,27-29,31,47H,5-13,16-17H2,1-4H3,(H,38,41)(H,39,42)(H,40,50)(H,43,49)(H,44,52)(H,45,51)(H,54,55). The second kappa shape index (κ2) is 20.9. The fraction of sp³-hybridized carbons (Fsp3) is 0.649. The number of imide groups is 1. The number of hydrogen-bond donors (Lipinski definition) is 8. The van der Waals surface area contributed by atoms with Gasteiger partial charge in [0.2, 0.25) is 35.4 Å². The van der Waals surface area contributed by atoms with Crippen LogP contribution in [0.2, 0.25) is 0 Å². The van der Waals surface area contributed by atoms with E-state index in [4.69, 9.17) is 0 Å². The van der Waals surface area contributed by atoms with Crippen molar-refractivity contribution in [1.82, 2.24) is 46.1 Å². The molecule has 0 spiro atoms. The number of aromatic amines is 2. The molecule has 308 valence electrons. The molecule has 19 heteroatoms. The summed E-state index contributed by atoms with van der Waals surface area (Å²) in [5.41, 5.74) is 1.67. The van der Waals surface area contributed by atoms with Crippen molar-refractivity contribution in [1.29, 1.82) is 0 Å². The molecule has 0 radical (unpaired) electrons. The Morgan fingerprint density at radius 1 is 0.893 bits per heavy atom. The van der Waals surface area contributed by atoms with Crippen LogP contribution in [0.15, 0.2) is 25.0 Å². The van der Waals surface area contributed by atoms with E-state index in [9.17, 15) is 43.8 Å². The van der Waals surface area contributed by atoms with Crippen molar-refractivity contribution in [2.45, 2.75) is 109 Å². The van der Waals surface area contributed by atoms with Gasteiger partial charge >= 0.3 is 5.97 Å². The van der Waals surface area contributed by atoms with Crippen LogP contribution in [0.5, 0.6) is 0 Å². The van der Waals surface area contributed by atoms with Crippen LogP contribution in [-0.2, 0) is 46.4 Å². The maximum absolute atomic E-state index is 13.4. The fourth-order valence-corrected chi connectivity index (χ4v) is 8.05. The molecule has 1 aliphatic carbocycles. The summed E-state index contributed by atoms with van der Waals surface area (Å²) in [7, 11) is 0. The summed E-state index contributed by atoms with van der Waals surface area (Å²) in [6.07, 6.45) is 8.71. The highest BCUT2D eigenvalue weighted by Gasteiger charge is 2.41. The molecule has 1 saturated heterocycles. The first-order chi connectivity index (χ1) is 26.6. The van der Waals surface area contributed by atoms with Crippen molar-refractivity contribution in [3.05, 3.63) is 36.4 Å². The number of carbonyl (C=O) groups is 7. The number of aliphatic hydroxyl groups excluding tert-OH is 1. The van der Waals surface area contributed by atoms with E-state index in [1.54, 1.807) is 25.6 Å². The summed E-state index contributed by atoms with van der Waals surface area (Å²) in [6.45, 7) is 7.39. The molecule has 6 amide bonds. The maximum Gasteiger partial charge on any atom is 0.327 e. The van der Waals surface area contributed by atoms with Crippen molar-refractivity contribution >= 4 is 53.2 Å². The minimum Gasteiger partial charge on any atom is -0.480 e. The lowest BCUT2D eigenvalue weighted by Gasteiger charge is -2.30. The Bertz CT molecular complexity index is 1650. The van der Waals surface area contributed by atoms with Crippen molar-refractivity contribution in [2.75, 3.05) is 18.8 Å². The number of hydrogen-bond acceptors (Lipinski definition) is 11. The van der Waals surface area contributed by atoms with E-state index in [1.165, 1.54) is 18.2 Å². The molecule has 6 atom stereocenters. The molecule has 1 saturated carbocycles. The molecular weight excluding hydrogens is 747 g/mol. The van der Waals surface area contributed by atoms with Crippen LogP contribution in [0.25, 0.3) is 0 Å². The average Bonchev–Trinajstić information content (AvgIpc) is 3.92. The van der Waals surface area contributed by atoms with Crippen molar-refractivity contribution in [2.24, 2.45) is 23.7 Å². The summed E-state index contributed by atoms with van der Waals surface area (Å²) in [4.78, 5) is 106. The van der Waals surface area contributed by atoms with Gasteiger partial charge in [-0.05, 0) is 50.9 Å². The monoisotopic (exact) mass is 801 g/mol. The normalized spacial score (nSPS) is 21.2. The van der Waals surface area contributed by atoms with Crippen LogP contribution in [0.4, 0.5) is 0 Å². The van der Waals surface area contributed by atoms with E-state index in [1.807, 2.05) is 13.8 Å². The molecule has 18 nitrogen and oxygen atoms in total. The molecule has 2 aliphatic rings. The second-order valence-electron chi connectivity index (χ2n) is 15.2. The molecule has 1 aliphatic heterocycles. The van der Waals surface area contributed by atoms with E-state index in [0.717, 1.165) is 23.1 Å². The molecule has 0 bridgehead atoms. The zero-order chi connectivity index (χ0) is 40.9. The third-order valence-electron chi connectivity index (χ3n) is 10.1. The Labute approximate surface area is 329 Å². The van der Waals surface area contributed by atoms with Gasteiger partial charge in [0, 0.05) is 73.7 Å². The summed E-state index contributed by atoms with van der Waals surface area (Å²) in [5.74, 6) is -5.21. The molecule has 2 aromatic rings. The van der Waals surface area contributed by atoms with Crippen molar-refractivity contribution < 1.29 is 43.8 Å². The van der Waals surface area contributed by atoms with E-state index in [-0.39, 0.29) is 54.7 Å². The number of rotatable bonds is 21.